The van der Waals surface area contributed by atoms with Crippen LogP contribution >= 0.6 is 0 Å². The van der Waals surface area contributed by atoms with E-state index in [-0.39, 0.29) is 0 Å². The Kier molecular flexibility index (Phi) is 3.19. The van der Waals surface area contributed by atoms with E-state index in [4.69, 9.17) is 0 Å². The third kappa shape index (κ3) is 2.26. The van der Waals surface area contributed by atoms with E-state index in [1.165, 1.54) is 50.6 Å². The molecule has 1 saturated heterocycles. The minimum absolute atomic E-state index is 0.614. The standard InChI is InChI=1S/C16H23N/c1-12-5-4-6-13-8-9-14(11-15(12)13)16-7-2-3-10-17-16/h8-9,11-12,16-17H,2-7,10H2,1H3. The molecule has 2 unspecified atom stereocenters. The Labute approximate surface area is 105 Å². The summed E-state index contributed by atoms with van der Waals surface area (Å²) in [5.74, 6) is 0.766. The quantitative estimate of drug-likeness (QED) is 0.769. The van der Waals surface area contributed by atoms with Gasteiger partial charge in [0.1, 0.15) is 0 Å². The van der Waals surface area contributed by atoms with Gasteiger partial charge in [-0.3, -0.25) is 0 Å². The molecular weight excluding hydrogens is 206 g/mol. The van der Waals surface area contributed by atoms with E-state index < -0.39 is 0 Å². The molecule has 0 spiro atoms. The third-order valence-corrected chi connectivity index (χ3v) is 4.50. The first-order chi connectivity index (χ1) is 8.34. The van der Waals surface area contributed by atoms with E-state index in [1.54, 1.807) is 11.1 Å². The Morgan fingerprint density at radius 2 is 2.06 bits per heavy atom. The Bertz CT molecular complexity index is 391. The van der Waals surface area contributed by atoms with Gasteiger partial charge >= 0.3 is 0 Å². The molecule has 1 heteroatoms. The van der Waals surface area contributed by atoms with Crippen molar-refractivity contribution in [3.8, 4) is 0 Å². The van der Waals surface area contributed by atoms with Gasteiger partial charge in [0.15, 0.2) is 0 Å². The molecule has 1 aliphatic heterocycles. The van der Waals surface area contributed by atoms with Crippen LogP contribution in [0.4, 0.5) is 0 Å². The minimum Gasteiger partial charge on any atom is -0.310 e. The predicted molar refractivity (Wildman–Crippen MR) is 72.4 cm³/mol. The molecule has 3 rings (SSSR count). The molecule has 1 N–H and O–H groups in total. The second-order valence-electron chi connectivity index (χ2n) is 5.75. The first-order valence-electron chi connectivity index (χ1n) is 7.21. The number of hydrogen-bond acceptors (Lipinski definition) is 1. The van der Waals surface area contributed by atoms with E-state index in [0.29, 0.717) is 6.04 Å². The molecule has 1 aliphatic carbocycles. The third-order valence-electron chi connectivity index (χ3n) is 4.50. The molecule has 92 valence electrons. The number of nitrogens with one attached hydrogen (secondary N) is 1. The molecule has 1 aromatic carbocycles. The van der Waals surface area contributed by atoms with Crippen molar-refractivity contribution in [2.24, 2.45) is 0 Å². The van der Waals surface area contributed by atoms with Crippen molar-refractivity contribution < 1.29 is 0 Å². The van der Waals surface area contributed by atoms with Crippen molar-refractivity contribution >= 4 is 0 Å². The van der Waals surface area contributed by atoms with Crippen LogP contribution in [-0.4, -0.2) is 6.54 Å². The van der Waals surface area contributed by atoms with Crippen LogP contribution in [0.2, 0.25) is 0 Å². The zero-order valence-corrected chi connectivity index (χ0v) is 10.8. The van der Waals surface area contributed by atoms with Crippen LogP contribution in [0.25, 0.3) is 0 Å². The summed E-state index contributed by atoms with van der Waals surface area (Å²) in [6, 6.07) is 7.85. The molecule has 0 radical (unpaired) electrons. The molecule has 1 fully saturated rings. The summed E-state index contributed by atoms with van der Waals surface area (Å²) in [7, 11) is 0. The maximum absolute atomic E-state index is 3.66. The smallest absolute Gasteiger partial charge is 0.0320 e. The Balaban J connectivity index is 1.88. The van der Waals surface area contributed by atoms with Gasteiger partial charge in [-0.1, -0.05) is 31.5 Å². The molecular formula is C16H23N. The SMILES string of the molecule is CC1CCCc2ccc(C3CCCCN3)cc21. The summed E-state index contributed by atoms with van der Waals surface area (Å²) < 4.78 is 0. The van der Waals surface area contributed by atoms with Gasteiger partial charge in [0.05, 0.1) is 0 Å². The highest BCUT2D eigenvalue weighted by Crippen LogP contribution is 2.34. The Morgan fingerprint density at radius 1 is 1.12 bits per heavy atom. The molecule has 0 saturated carbocycles. The lowest BCUT2D eigenvalue weighted by Crippen LogP contribution is -2.27. The molecule has 2 aliphatic rings. The number of piperidine rings is 1. The summed E-state index contributed by atoms with van der Waals surface area (Å²) in [4.78, 5) is 0. The normalized spacial score (nSPS) is 28.8. The number of hydrogen-bond donors (Lipinski definition) is 1. The molecule has 1 nitrogen and oxygen atoms in total. The molecule has 0 amide bonds. The van der Waals surface area contributed by atoms with Crippen LogP contribution in [0.1, 0.15) is 67.7 Å². The van der Waals surface area contributed by atoms with Gasteiger partial charge in [0, 0.05) is 6.04 Å². The van der Waals surface area contributed by atoms with Crippen molar-refractivity contribution in [2.45, 2.75) is 57.4 Å². The number of aryl methyl sites for hydroxylation is 1. The van der Waals surface area contributed by atoms with Gasteiger partial charge < -0.3 is 5.32 Å². The summed E-state index contributed by atoms with van der Waals surface area (Å²) in [6.07, 6.45) is 8.07. The van der Waals surface area contributed by atoms with E-state index in [1.807, 2.05) is 0 Å². The van der Waals surface area contributed by atoms with Crippen molar-refractivity contribution in [3.63, 3.8) is 0 Å². The minimum atomic E-state index is 0.614. The fourth-order valence-corrected chi connectivity index (χ4v) is 3.41. The Morgan fingerprint density at radius 3 is 2.88 bits per heavy atom. The average Bonchev–Trinajstić information content (AvgIpc) is 2.40. The topological polar surface area (TPSA) is 12.0 Å². The highest BCUT2D eigenvalue weighted by atomic mass is 14.9. The molecule has 0 bridgehead atoms. The zero-order chi connectivity index (χ0) is 11.7. The van der Waals surface area contributed by atoms with Crippen LogP contribution in [0.5, 0.6) is 0 Å². The highest BCUT2D eigenvalue weighted by molar-refractivity contribution is 5.37. The molecule has 1 heterocycles. The Hall–Kier alpha value is -0.820. The van der Waals surface area contributed by atoms with E-state index in [2.05, 4.69) is 30.4 Å². The molecule has 2 atom stereocenters. The zero-order valence-electron chi connectivity index (χ0n) is 10.8. The largest absolute Gasteiger partial charge is 0.310 e. The highest BCUT2D eigenvalue weighted by Gasteiger charge is 2.20. The maximum Gasteiger partial charge on any atom is 0.0320 e. The van der Waals surface area contributed by atoms with E-state index >= 15 is 0 Å². The molecule has 1 aromatic rings. The van der Waals surface area contributed by atoms with Crippen LogP contribution in [0.3, 0.4) is 0 Å². The number of fused-ring (bicyclic) bond motifs is 1. The summed E-state index contributed by atoms with van der Waals surface area (Å²) in [5, 5.41) is 3.66. The summed E-state index contributed by atoms with van der Waals surface area (Å²) in [5.41, 5.74) is 4.75. The number of rotatable bonds is 1. The fourth-order valence-electron chi connectivity index (χ4n) is 3.41. The monoisotopic (exact) mass is 229 g/mol. The summed E-state index contributed by atoms with van der Waals surface area (Å²) >= 11 is 0. The van der Waals surface area contributed by atoms with Gasteiger partial charge in [0.25, 0.3) is 0 Å². The predicted octanol–water partition coefficient (Wildman–Crippen LogP) is 3.94. The lowest BCUT2D eigenvalue weighted by atomic mass is 9.82. The van der Waals surface area contributed by atoms with Gasteiger partial charge in [0.2, 0.25) is 0 Å². The van der Waals surface area contributed by atoms with Crippen LogP contribution in [0.15, 0.2) is 18.2 Å². The summed E-state index contributed by atoms with van der Waals surface area (Å²) in [6.45, 7) is 3.58. The van der Waals surface area contributed by atoms with Gasteiger partial charge in [-0.2, -0.15) is 0 Å². The van der Waals surface area contributed by atoms with Crippen molar-refractivity contribution in [1.29, 1.82) is 0 Å². The van der Waals surface area contributed by atoms with Crippen molar-refractivity contribution in [3.05, 3.63) is 34.9 Å². The van der Waals surface area contributed by atoms with E-state index in [0.717, 1.165) is 5.92 Å². The fraction of sp³-hybridized carbons (Fsp3) is 0.625. The van der Waals surface area contributed by atoms with Crippen LogP contribution in [0, 0.1) is 0 Å². The van der Waals surface area contributed by atoms with Crippen molar-refractivity contribution in [1.82, 2.24) is 5.32 Å². The maximum atomic E-state index is 3.66. The molecule has 0 aromatic heterocycles. The van der Waals surface area contributed by atoms with Gasteiger partial charge in [-0.05, 0) is 61.3 Å². The lowest BCUT2D eigenvalue weighted by Gasteiger charge is -2.27. The van der Waals surface area contributed by atoms with Crippen LogP contribution < -0.4 is 5.32 Å². The van der Waals surface area contributed by atoms with E-state index in [9.17, 15) is 0 Å². The first-order valence-corrected chi connectivity index (χ1v) is 7.21. The average molecular weight is 229 g/mol. The molecule has 17 heavy (non-hydrogen) atoms. The van der Waals surface area contributed by atoms with Crippen LogP contribution in [-0.2, 0) is 6.42 Å². The van der Waals surface area contributed by atoms with Crippen molar-refractivity contribution in [2.75, 3.05) is 6.54 Å². The lowest BCUT2D eigenvalue weighted by molar-refractivity contribution is 0.411. The van der Waals surface area contributed by atoms with Gasteiger partial charge in [-0.25, -0.2) is 0 Å². The second kappa shape index (κ2) is 4.81. The van der Waals surface area contributed by atoms with Gasteiger partial charge in [-0.15, -0.1) is 0 Å². The second-order valence-corrected chi connectivity index (χ2v) is 5.75. The number of benzene rings is 1. The first kappa shape index (κ1) is 11.3.